The first kappa shape index (κ1) is 14.3. The first-order valence-electron chi connectivity index (χ1n) is 5.31. The van der Waals surface area contributed by atoms with Crippen LogP contribution in [0.1, 0.15) is 5.69 Å². The van der Waals surface area contributed by atoms with Crippen molar-refractivity contribution in [2.75, 3.05) is 16.8 Å². The van der Waals surface area contributed by atoms with Crippen LogP contribution in [-0.2, 0) is 4.79 Å². The summed E-state index contributed by atoms with van der Waals surface area (Å²) in [5.74, 6) is 0.737. The van der Waals surface area contributed by atoms with Crippen LogP contribution in [0.5, 0.6) is 0 Å². The zero-order valence-electron chi connectivity index (χ0n) is 10.0. The van der Waals surface area contributed by atoms with Crippen molar-refractivity contribution in [3.05, 3.63) is 28.5 Å². The lowest BCUT2D eigenvalue weighted by Crippen LogP contribution is -2.14. The topological polar surface area (TPSA) is 80.9 Å². The number of rotatable bonds is 4. The Balaban J connectivity index is 1.88. The second-order valence-corrected chi connectivity index (χ2v) is 6.81. The zero-order chi connectivity index (χ0) is 13.8. The number of hydrogen-bond acceptors (Lipinski definition) is 6. The number of nitrogens with two attached hydrogens (primary N) is 1. The van der Waals surface area contributed by atoms with Crippen LogP contribution in [0, 0.1) is 6.92 Å². The van der Waals surface area contributed by atoms with Gasteiger partial charge < -0.3 is 11.1 Å². The van der Waals surface area contributed by atoms with Gasteiger partial charge in [-0.25, -0.2) is 9.97 Å². The van der Waals surface area contributed by atoms with Crippen LogP contribution < -0.4 is 11.1 Å². The molecule has 2 rings (SSSR count). The first-order valence-corrected chi connectivity index (χ1v) is 7.91. The molecule has 0 aliphatic carbocycles. The van der Waals surface area contributed by atoms with Crippen molar-refractivity contribution < 1.29 is 4.79 Å². The summed E-state index contributed by atoms with van der Waals surface area (Å²) in [6.45, 7) is 1.88. The highest BCUT2D eigenvalue weighted by molar-refractivity contribution is 9.10. The van der Waals surface area contributed by atoms with Gasteiger partial charge in [0.1, 0.15) is 5.82 Å². The van der Waals surface area contributed by atoms with Crippen molar-refractivity contribution in [3.8, 4) is 0 Å². The van der Waals surface area contributed by atoms with Gasteiger partial charge in [0, 0.05) is 10.7 Å². The normalized spacial score (nSPS) is 10.4. The van der Waals surface area contributed by atoms with E-state index in [-0.39, 0.29) is 5.91 Å². The van der Waals surface area contributed by atoms with E-state index in [2.05, 4.69) is 31.2 Å². The summed E-state index contributed by atoms with van der Waals surface area (Å²) in [6, 6.07) is 3.56. The minimum absolute atomic E-state index is 0.105. The number of nitrogen functional groups attached to an aromatic ring is 1. The smallest absolute Gasteiger partial charge is 0.235 e. The molecule has 8 heteroatoms. The maximum absolute atomic E-state index is 11.8. The molecule has 0 unspecified atom stereocenters. The van der Waals surface area contributed by atoms with Gasteiger partial charge in [-0.1, -0.05) is 11.3 Å². The molecule has 0 aromatic carbocycles. The Morgan fingerprint density at radius 1 is 1.58 bits per heavy atom. The number of aromatic nitrogens is 2. The van der Waals surface area contributed by atoms with Gasteiger partial charge in [-0.05, 0) is 35.0 Å². The molecular formula is C11H11BrN4OS2. The summed E-state index contributed by atoms with van der Waals surface area (Å²) >= 11 is 6.10. The Bertz CT molecular complexity index is 585. The number of aryl methyl sites for hydroxylation is 1. The molecule has 2 aromatic heterocycles. The Kier molecular flexibility index (Phi) is 4.78. The highest BCUT2D eigenvalue weighted by atomic mass is 79.9. The van der Waals surface area contributed by atoms with Crippen molar-refractivity contribution in [3.63, 3.8) is 0 Å². The molecule has 0 fully saturated rings. The molecule has 0 radical (unpaired) electrons. The number of pyridine rings is 1. The van der Waals surface area contributed by atoms with Crippen LogP contribution in [0.4, 0.5) is 10.9 Å². The maximum Gasteiger partial charge on any atom is 0.235 e. The number of thiazole rings is 1. The van der Waals surface area contributed by atoms with E-state index in [4.69, 9.17) is 5.73 Å². The van der Waals surface area contributed by atoms with Gasteiger partial charge in [-0.15, -0.1) is 11.8 Å². The van der Waals surface area contributed by atoms with E-state index in [1.54, 1.807) is 12.3 Å². The van der Waals surface area contributed by atoms with Gasteiger partial charge in [-0.2, -0.15) is 0 Å². The van der Waals surface area contributed by atoms with Gasteiger partial charge >= 0.3 is 0 Å². The third-order valence-corrected chi connectivity index (χ3v) is 4.92. The summed E-state index contributed by atoms with van der Waals surface area (Å²) in [4.78, 5) is 19.9. The summed E-state index contributed by atoms with van der Waals surface area (Å²) in [5.41, 5.74) is 6.47. The van der Waals surface area contributed by atoms with Crippen LogP contribution in [0.3, 0.4) is 0 Å². The second-order valence-electron chi connectivity index (χ2n) is 3.62. The van der Waals surface area contributed by atoms with Crippen LogP contribution in [-0.4, -0.2) is 21.6 Å². The summed E-state index contributed by atoms with van der Waals surface area (Å²) < 4.78 is 1.84. The Labute approximate surface area is 127 Å². The molecule has 19 heavy (non-hydrogen) atoms. The predicted molar refractivity (Wildman–Crippen MR) is 82.6 cm³/mol. The standard InChI is InChI=1S/C11H11BrN4OS2/c1-6-10(19-11(13)15-6)18-5-9(17)16-8-3-2-7(12)4-14-8/h2-4H,5H2,1H3,(H2,13,15)(H,14,16,17). The van der Waals surface area contributed by atoms with E-state index in [9.17, 15) is 4.79 Å². The van der Waals surface area contributed by atoms with E-state index in [1.165, 1.54) is 23.1 Å². The van der Waals surface area contributed by atoms with Gasteiger partial charge in [0.25, 0.3) is 0 Å². The van der Waals surface area contributed by atoms with Crippen LogP contribution in [0.25, 0.3) is 0 Å². The summed E-state index contributed by atoms with van der Waals surface area (Å²) in [6.07, 6.45) is 1.64. The van der Waals surface area contributed by atoms with Crippen LogP contribution >= 0.6 is 39.0 Å². The predicted octanol–water partition coefficient (Wildman–Crippen LogP) is 2.92. The lowest BCUT2D eigenvalue weighted by Gasteiger charge is -2.03. The van der Waals surface area contributed by atoms with E-state index in [1.807, 2.05) is 13.0 Å². The minimum atomic E-state index is -0.105. The molecule has 0 aliphatic rings. The van der Waals surface area contributed by atoms with Crippen molar-refractivity contribution in [1.29, 1.82) is 0 Å². The Morgan fingerprint density at radius 2 is 2.37 bits per heavy atom. The lowest BCUT2D eigenvalue weighted by atomic mass is 10.4. The van der Waals surface area contributed by atoms with E-state index >= 15 is 0 Å². The largest absolute Gasteiger partial charge is 0.375 e. The monoisotopic (exact) mass is 358 g/mol. The molecule has 1 amide bonds. The van der Waals surface area contributed by atoms with Crippen molar-refractivity contribution in [2.24, 2.45) is 0 Å². The zero-order valence-corrected chi connectivity index (χ0v) is 13.2. The average Bonchev–Trinajstić information content (AvgIpc) is 2.68. The molecule has 0 saturated heterocycles. The van der Waals surface area contributed by atoms with E-state index in [0.29, 0.717) is 16.7 Å². The second kappa shape index (κ2) is 6.36. The molecule has 2 heterocycles. The Morgan fingerprint density at radius 3 is 2.95 bits per heavy atom. The third-order valence-electron chi connectivity index (χ3n) is 2.10. The molecule has 3 N–H and O–H groups in total. The number of amides is 1. The third kappa shape index (κ3) is 4.19. The van der Waals surface area contributed by atoms with Crippen LogP contribution in [0.2, 0.25) is 0 Å². The van der Waals surface area contributed by atoms with E-state index < -0.39 is 0 Å². The molecular weight excluding hydrogens is 348 g/mol. The molecule has 5 nitrogen and oxygen atoms in total. The highest BCUT2D eigenvalue weighted by Gasteiger charge is 2.09. The van der Waals surface area contributed by atoms with Gasteiger partial charge in [-0.3, -0.25) is 4.79 Å². The molecule has 0 spiro atoms. The van der Waals surface area contributed by atoms with Crippen LogP contribution in [0.15, 0.2) is 27.0 Å². The highest BCUT2D eigenvalue weighted by Crippen LogP contribution is 2.30. The lowest BCUT2D eigenvalue weighted by molar-refractivity contribution is -0.113. The van der Waals surface area contributed by atoms with Crippen molar-refractivity contribution >= 4 is 55.9 Å². The average molecular weight is 359 g/mol. The van der Waals surface area contributed by atoms with Crippen molar-refractivity contribution in [2.45, 2.75) is 11.1 Å². The Hall–Kier alpha value is -1.12. The number of nitrogens with one attached hydrogen (secondary N) is 1. The molecule has 0 aliphatic heterocycles. The van der Waals surface area contributed by atoms with Crippen molar-refractivity contribution in [1.82, 2.24) is 9.97 Å². The number of thioether (sulfide) groups is 1. The van der Waals surface area contributed by atoms with E-state index in [0.717, 1.165) is 14.4 Å². The molecule has 0 atom stereocenters. The number of carbonyl (C=O) groups excluding carboxylic acids is 1. The summed E-state index contributed by atoms with van der Waals surface area (Å²) in [5, 5.41) is 3.25. The molecule has 2 aromatic rings. The molecule has 0 bridgehead atoms. The molecule has 0 saturated carbocycles. The fraction of sp³-hybridized carbons (Fsp3) is 0.182. The quantitative estimate of drug-likeness (QED) is 0.821. The number of nitrogens with zero attached hydrogens (tertiary/aromatic N) is 2. The fourth-order valence-electron chi connectivity index (χ4n) is 1.30. The molecule has 100 valence electrons. The fourth-order valence-corrected chi connectivity index (χ4v) is 3.35. The number of halogens is 1. The van der Waals surface area contributed by atoms with Gasteiger partial charge in [0.2, 0.25) is 5.91 Å². The maximum atomic E-state index is 11.8. The number of hydrogen-bond donors (Lipinski definition) is 2. The summed E-state index contributed by atoms with van der Waals surface area (Å²) in [7, 11) is 0. The first-order chi connectivity index (χ1) is 9.04. The number of carbonyl (C=O) groups is 1. The minimum Gasteiger partial charge on any atom is -0.375 e. The van der Waals surface area contributed by atoms with Gasteiger partial charge in [0.05, 0.1) is 15.7 Å². The SMILES string of the molecule is Cc1nc(N)sc1SCC(=O)Nc1ccc(Br)cn1. The van der Waals surface area contributed by atoms with Gasteiger partial charge in [0.15, 0.2) is 5.13 Å². The number of anilines is 2.